The lowest BCUT2D eigenvalue weighted by molar-refractivity contribution is -0.153. The molecule has 1 amide bonds. The van der Waals surface area contributed by atoms with Crippen molar-refractivity contribution in [2.24, 2.45) is 5.92 Å². The molecule has 0 aliphatic carbocycles. The first kappa shape index (κ1) is 26.6. The Morgan fingerprint density at radius 3 is 2.70 bits per heavy atom. The molecule has 3 aromatic rings. The number of carbonyl (C=O) groups is 2. The molecule has 2 aromatic heterocycles. The van der Waals surface area contributed by atoms with Gasteiger partial charge in [0.2, 0.25) is 5.16 Å². The molecule has 9 nitrogen and oxygen atoms in total. The summed E-state index contributed by atoms with van der Waals surface area (Å²) in [5.41, 5.74) is 1.37. The van der Waals surface area contributed by atoms with Crippen LogP contribution in [0.1, 0.15) is 31.0 Å². The summed E-state index contributed by atoms with van der Waals surface area (Å²) >= 11 is 0. The number of nitrogens with zero attached hydrogens (tertiary/aromatic N) is 4. The minimum absolute atomic E-state index is 0.0357. The summed E-state index contributed by atoms with van der Waals surface area (Å²) < 4.78 is 57.5. The average molecular weight is 539 g/mol. The zero-order valence-corrected chi connectivity index (χ0v) is 20.9. The summed E-state index contributed by atoms with van der Waals surface area (Å²) in [4.78, 5) is 35.4. The van der Waals surface area contributed by atoms with Crippen LogP contribution in [0.25, 0.3) is 11.0 Å². The predicted octanol–water partition coefficient (Wildman–Crippen LogP) is 4.14. The Morgan fingerprint density at radius 1 is 1.27 bits per heavy atom. The molecular weight excluding hydrogens is 513 g/mol. The van der Waals surface area contributed by atoms with Crippen molar-refractivity contribution < 1.29 is 36.8 Å². The number of pyridine rings is 1. The van der Waals surface area contributed by atoms with Gasteiger partial charge in [-0.25, -0.2) is 14.3 Å². The molecule has 1 saturated heterocycles. The lowest BCUT2D eigenvalue weighted by Crippen LogP contribution is -2.44. The number of para-hydroxylation sites is 2. The Hall–Kier alpha value is -3.48. The largest absolute Gasteiger partial charge is 0.484 e. The predicted molar refractivity (Wildman–Crippen MR) is 128 cm³/mol. The average Bonchev–Trinajstić information content (AvgIpc) is 3.48. The van der Waals surface area contributed by atoms with Gasteiger partial charge in [-0.2, -0.15) is 13.2 Å². The van der Waals surface area contributed by atoms with Crippen molar-refractivity contribution in [2.45, 2.75) is 49.8 Å². The van der Waals surface area contributed by atoms with E-state index in [9.17, 15) is 32.1 Å². The van der Waals surface area contributed by atoms with Gasteiger partial charge in [0.05, 0.1) is 39.2 Å². The summed E-state index contributed by atoms with van der Waals surface area (Å²) in [6.07, 6.45) is -2.10. The Morgan fingerprint density at radius 2 is 2.00 bits per heavy atom. The number of likely N-dealkylation sites (tertiary alicyclic amines) is 1. The van der Waals surface area contributed by atoms with Gasteiger partial charge in [0.25, 0.3) is 0 Å². The van der Waals surface area contributed by atoms with Crippen molar-refractivity contribution in [1.29, 1.82) is 0 Å². The molecular formula is C24H25F3N4O5S. The Balaban J connectivity index is 1.67. The molecule has 0 saturated carbocycles. The fourth-order valence-corrected chi connectivity index (χ4v) is 5.64. The van der Waals surface area contributed by atoms with E-state index < -0.39 is 47.5 Å². The number of benzene rings is 1. The van der Waals surface area contributed by atoms with Crippen molar-refractivity contribution in [3.63, 3.8) is 0 Å². The van der Waals surface area contributed by atoms with Crippen LogP contribution in [0.15, 0.2) is 41.7 Å². The molecule has 1 aromatic carbocycles. The highest BCUT2D eigenvalue weighted by molar-refractivity contribution is 7.84. The first-order valence-electron chi connectivity index (χ1n) is 11.5. The number of aromatic nitrogens is 3. The number of carboxylic acids is 1. The van der Waals surface area contributed by atoms with E-state index in [1.165, 1.54) is 28.7 Å². The van der Waals surface area contributed by atoms with Crippen molar-refractivity contribution >= 4 is 33.8 Å². The monoisotopic (exact) mass is 538 g/mol. The van der Waals surface area contributed by atoms with E-state index in [1.54, 1.807) is 31.2 Å². The van der Waals surface area contributed by atoms with Gasteiger partial charge in [-0.15, -0.1) is 0 Å². The van der Waals surface area contributed by atoms with Gasteiger partial charge in [-0.1, -0.05) is 12.1 Å². The molecule has 4 rings (SSSR count). The molecule has 0 spiro atoms. The van der Waals surface area contributed by atoms with Gasteiger partial charge < -0.3 is 14.7 Å². The molecule has 198 valence electrons. The fraction of sp³-hybridized carbons (Fsp3) is 0.417. The van der Waals surface area contributed by atoms with Gasteiger partial charge >= 0.3 is 18.2 Å². The highest BCUT2D eigenvalue weighted by Crippen LogP contribution is 2.29. The van der Waals surface area contributed by atoms with E-state index in [4.69, 9.17) is 4.74 Å². The van der Waals surface area contributed by atoms with Gasteiger partial charge in [-0.05, 0) is 44.9 Å². The Kier molecular flexibility index (Phi) is 7.53. The van der Waals surface area contributed by atoms with Crippen LogP contribution in [0.4, 0.5) is 18.0 Å². The third-order valence-electron chi connectivity index (χ3n) is 6.35. The van der Waals surface area contributed by atoms with E-state index in [-0.39, 0.29) is 22.4 Å². The topological polar surface area (TPSA) is 115 Å². The maximum absolute atomic E-state index is 13.7. The minimum atomic E-state index is -4.52. The number of carbonyl (C=O) groups excluding carboxylic acids is 1. The summed E-state index contributed by atoms with van der Waals surface area (Å²) in [6, 6.07) is 6.98. The first-order valence-corrected chi connectivity index (χ1v) is 12.8. The fourth-order valence-electron chi connectivity index (χ4n) is 4.39. The molecule has 1 N–H and O–H groups in total. The van der Waals surface area contributed by atoms with E-state index in [2.05, 4.69) is 9.97 Å². The molecule has 2 unspecified atom stereocenters. The quantitative estimate of drug-likeness (QED) is 0.481. The number of hydrogen-bond acceptors (Lipinski definition) is 6. The van der Waals surface area contributed by atoms with Crippen molar-refractivity contribution in [1.82, 2.24) is 19.4 Å². The normalized spacial score (nSPS) is 17.6. The van der Waals surface area contributed by atoms with Crippen molar-refractivity contribution in [3.05, 3.63) is 47.8 Å². The second-order valence-corrected chi connectivity index (χ2v) is 10.2. The SMILES string of the molecule is Cc1c(OCC(F)(F)F)ccnc1CS(=O)c1nc2ccccc2n1C(=O)N1CCC[C@H]1C(C)C(=O)O. The number of alkyl halides is 3. The number of halogens is 3. The lowest BCUT2D eigenvalue weighted by atomic mass is 10.0. The van der Waals surface area contributed by atoms with Crippen LogP contribution < -0.4 is 4.74 Å². The van der Waals surface area contributed by atoms with E-state index in [0.29, 0.717) is 36.0 Å². The molecule has 1 fully saturated rings. The molecule has 3 atom stereocenters. The number of ether oxygens (including phenoxy) is 1. The summed E-state index contributed by atoms with van der Waals surface area (Å²) in [7, 11) is -1.92. The smallest absolute Gasteiger partial charge is 0.422 e. The minimum Gasteiger partial charge on any atom is -0.484 e. The maximum Gasteiger partial charge on any atom is 0.422 e. The van der Waals surface area contributed by atoms with Gasteiger partial charge in [-0.3, -0.25) is 14.0 Å². The standard InChI is InChI=1S/C24H25F3N4O5S/c1-14-17(28-10-9-20(14)36-13-24(25,26)27)12-37(35)22-29-16-6-3-4-7-19(16)31(22)23(34)30-11-5-8-18(30)15(2)21(32)33/h3-4,6-7,9-10,15,18H,5,8,11-13H2,1-2H3,(H,32,33)/t15?,18-,37?/m0/s1. The number of hydrogen-bond donors (Lipinski definition) is 1. The van der Waals surface area contributed by atoms with Gasteiger partial charge in [0, 0.05) is 24.3 Å². The zero-order chi connectivity index (χ0) is 26.9. The number of aliphatic carboxylic acids is 1. The molecule has 3 heterocycles. The summed E-state index contributed by atoms with van der Waals surface area (Å²) in [5, 5.41) is 9.44. The number of carboxylic acid groups (broad SMARTS) is 1. The third kappa shape index (κ3) is 5.60. The highest BCUT2D eigenvalue weighted by atomic mass is 32.2. The van der Waals surface area contributed by atoms with Gasteiger partial charge in [0.1, 0.15) is 5.75 Å². The van der Waals surface area contributed by atoms with Gasteiger partial charge in [0.15, 0.2) is 6.61 Å². The number of amides is 1. The van der Waals surface area contributed by atoms with Crippen molar-refractivity contribution in [2.75, 3.05) is 13.2 Å². The van der Waals surface area contributed by atoms with Crippen LogP contribution >= 0.6 is 0 Å². The van der Waals surface area contributed by atoms with Crippen LogP contribution in [0, 0.1) is 12.8 Å². The Labute approximate surface area is 212 Å². The summed E-state index contributed by atoms with van der Waals surface area (Å²) in [5.74, 6) is -2.06. The second kappa shape index (κ2) is 10.5. The number of imidazole rings is 1. The molecule has 0 bridgehead atoms. The second-order valence-electron chi connectivity index (χ2n) is 8.81. The summed E-state index contributed by atoms with van der Waals surface area (Å²) in [6.45, 7) is 1.93. The van der Waals surface area contributed by atoms with Crippen LogP contribution in [0.3, 0.4) is 0 Å². The molecule has 13 heteroatoms. The van der Waals surface area contributed by atoms with Crippen LogP contribution in [-0.4, -0.2) is 66.1 Å². The highest BCUT2D eigenvalue weighted by Gasteiger charge is 2.38. The third-order valence-corrected chi connectivity index (χ3v) is 7.57. The molecule has 37 heavy (non-hydrogen) atoms. The molecule has 0 radical (unpaired) electrons. The van der Waals surface area contributed by atoms with E-state index >= 15 is 0 Å². The number of fused-ring (bicyclic) bond motifs is 1. The first-order chi connectivity index (χ1) is 17.5. The number of rotatable bonds is 7. The van der Waals surface area contributed by atoms with E-state index in [0.717, 1.165) is 0 Å². The van der Waals surface area contributed by atoms with Crippen LogP contribution in [-0.2, 0) is 21.3 Å². The maximum atomic E-state index is 13.7. The van der Waals surface area contributed by atoms with E-state index in [1.807, 2.05) is 0 Å². The van der Waals surface area contributed by atoms with Crippen molar-refractivity contribution in [3.8, 4) is 5.75 Å². The molecule has 1 aliphatic rings. The molecule has 1 aliphatic heterocycles. The van der Waals surface area contributed by atoms with Crippen LogP contribution in [0.5, 0.6) is 5.75 Å². The zero-order valence-electron chi connectivity index (χ0n) is 20.1. The Bertz CT molecular complexity index is 1360. The lowest BCUT2D eigenvalue weighted by Gasteiger charge is -2.28. The van der Waals surface area contributed by atoms with Crippen LogP contribution in [0.2, 0.25) is 0 Å².